The summed E-state index contributed by atoms with van der Waals surface area (Å²) in [6.07, 6.45) is 10.2. The Morgan fingerprint density at radius 1 is 0.459 bits per heavy atom. The van der Waals surface area contributed by atoms with E-state index in [2.05, 4.69) is 219 Å². The number of anilines is 3. The fraction of sp³-hybridized carbons (Fsp3) is 0.0847. The monoisotopic (exact) mass is 779 g/mol. The smallest absolute Gasteiger partial charge is 0.143 e. The van der Waals surface area contributed by atoms with E-state index in [0.717, 1.165) is 45.4 Å². The quantitative estimate of drug-likeness (QED) is 0.177. The van der Waals surface area contributed by atoms with Crippen LogP contribution in [0, 0.1) is 0 Å². The maximum Gasteiger partial charge on any atom is 0.143 e. The van der Waals surface area contributed by atoms with Gasteiger partial charge in [0.1, 0.15) is 11.2 Å². The molecule has 4 aliphatic rings. The average molecular weight is 780 g/mol. The van der Waals surface area contributed by atoms with Crippen molar-refractivity contribution in [3.63, 3.8) is 0 Å². The van der Waals surface area contributed by atoms with E-state index in [1.165, 1.54) is 77.9 Å². The molecule has 0 aliphatic heterocycles. The van der Waals surface area contributed by atoms with E-state index in [9.17, 15) is 0 Å². The summed E-state index contributed by atoms with van der Waals surface area (Å²) in [7, 11) is 0. The van der Waals surface area contributed by atoms with Gasteiger partial charge in [0.2, 0.25) is 0 Å². The van der Waals surface area contributed by atoms with E-state index in [-0.39, 0.29) is 5.41 Å². The molecule has 0 unspecified atom stereocenters. The van der Waals surface area contributed by atoms with Crippen LogP contribution in [0.15, 0.2) is 210 Å². The number of benzene rings is 8. The van der Waals surface area contributed by atoms with Gasteiger partial charge in [0, 0.05) is 38.8 Å². The molecule has 0 saturated carbocycles. The standard InChI is InChI=1S/C59H41NO/c1-58(2)49-21-8-4-7-17-42(49)45-31-29-40(35-53(45)58)60(39-27-25-38(26-28-39)37-15-5-3-6-16-37)41-30-32-48-54(36-41)59(50-22-12-9-18-43(50)44-19-10-13-23-51(44)59)52-34-33-47-46-20-11-14-24-55(46)61-57(47)56(48)52/h3,5-36H,4H2,1-2H3. The third kappa shape index (κ3) is 4.62. The lowest BCUT2D eigenvalue weighted by atomic mass is 9.70. The molecule has 2 heteroatoms. The summed E-state index contributed by atoms with van der Waals surface area (Å²) < 4.78 is 6.88. The lowest BCUT2D eigenvalue weighted by Gasteiger charge is -2.32. The van der Waals surface area contributed by atoms with E-state index in [4.69, 9.17) is 4.42 Å². The van der Waals surface area contributed by atoms with Crippen molar-refractivity contribution in [3.05, 3.63) is 239 Å². The zero-order valence-electron chi connectivity index (χ0n) is 34.1. The van der Waals surface area contributed by atoms with Gasteiger partial charge >= 0.3 is 0 Å². The molecule has 0 atom stereocenters. The molecule has 0 bridgehead atoms. The molecular formula is C59H41NO. The molecule has 1 aromatic heterocycles. The van der Waals surface area contributed by atoms with E-state index < -0.39 is 5.41 Å². The van der Waals surface area contributed by atoms with Gasteiger partial charge in [0.15, 0.2) is 0 Å². The highest BCUT2D eigenvalue weighted by Crippen LogP contribution is 2.65. The fourth-order valence-corrected chi connectivity index (χ4v) is 11.4. The van der Waals surface area contributed by atoms with Crippen LogP contribution < -0.4 is 4.90 Å². The SMILES string of the molecule is CC1(C)C2=C(C=CCC=C2)c2ccc(N(c3ccc(-c4ccccc4)cc3)c3ccc4c(c3)C3(c5ccccc5-c5ccccc53)c3ccc5c(oc6ccccc65)c3-4)cc21. The van der Waals surface area contributed by atoms with Gasteiger partial charge in [0.05, 0.1) is 5.41 Å². The van der Waals surface area contributed by atoms with Crippen molar-refractivity contribution in [1.29, 1.82) is 0 Å². The van der Waals surface area contributed by atoms with Gasteiger partial charge in [0.25, 0.3) is 0 Å². The van der Waals surface area contributed by atoms with Gasteiger partial charge < -0.3 is 9.32 Å². The Morgan fingerprint density at radius 3 is 1.85 bits per heavy atom. The Morgan fingerprint density at radius 2 is 1.08 bits per heavy atom. The largest absolute Gasteiger partial charge is 0.455 e. The summed E-state index contributed by atoms with van der Waals surface area (Å²) in [5.41, 5.74) is 22.5. The average Bonchev–Trinajstić information content (AvgIpc) is 3.91. The first-order valence-corrected chi connectivity index (χ1v) is 21.5. The first-order chi connectivity index (χ1) is 30.0. The van der Waals surface area contributed by atoms with Crippen LogP contribution in [0.3, 0.4) is 0 Å². The summed E-state index contributed by atoms with van der Waals surface area (Å²) in [4.78, 5) is 2.47. The fourth-order valence-electron chi connectivity index (χ4n) is 11.4. The van der Waals surface area contributed by atoms with Crippen molar-refractivity contribution in [1.82, 2.24) is 0 Å². The van der Waals surface area contributed by atoms with Crippen molar-refractivity contribution < 1.29 is 4.42 Å². The van der Waals surface area contributed by atoms with Gasteiger partial charge in [-0.3, -0.25) is 0 Å². The molecule has 288 valence electrons. The number of para-hydroxylation sites is 1. The molecule has 0 N–H and O–H groups in total. The van der Waals surface area contributed by atoms with Crippen molar-refractivity contribution in [2.45, 2.75) is 31.1 Å². The van der Waals surface area contributed by atoms with Gasteiger partial charge in [-0.15, -0.1) is 0 Å². The van der Waals surface area contributed by atoms with Crippen LogP contribution in [0.5, 0.6) is 0 Å². The molecule has 2 nitrogen and oxygen atoms in total. The van der Waals surface area contributed by atoms with Crippen LogP contribution in [-0.4, -0.2) is 0 Å². The van der Waals surface area contributed by atoms with Gasteiger partial charge in [-0.05, 0) is 121 Å². The maximum atomic E-state index is 6.88. The Hall–Kier alpha value is -7.42. The molecule has 0 amide bonds. The number of allylic oxidation sites excluding steroid dienone is 6. The molecule has 1 heterocycles. The zero-order chi connectivity index (χ0) is 40.5. The van der Waals surface area contributed by atoms with Crippen LogP contribution in [0.4, 0.5) is 17.1 Å². The van der Waals surface area contributed by atoms with Crippen molar-refractivity contribution >= 4 is 44.6 Å². The van der Waals surface area contributed by atoms with Crippen molar-refractivity contribution in [2.75, 3.05) is 4.90 Å². The molecule has 0 saturated heterocycles. The van der Waals surface area contributed by atoms with Crippen LogP contribution >= 0.6 is 0 Å². The predicted molar refractivity (Wildman–Crippen MR) is 253 cm³/mol. The molecule has 61 heavy (non-hydrogen) atoms. The van der Waals surface area contributed by atoms with E-state index in [0.29, 0.717) is 0 Å². The number of hydrogen-bond donors (Lipinski definition) is 0. The van der Waals surface area contributed by atoms with Crippen LogP contribution in [0.25, 0.3) is 60.9 Å². The minimum Gasteiger partial charge on any atom is -0.455 e. The summed E-state index contributed by atoms with van der Waals surface area (Å²) in [6, 6.07) is 65.3. The Labute approximate surface area is 356 Å². The summed E-state index contributed by atoms with van der Waals surface area (Å²) in [5, 5.41) is 2.30. The first-order valence-electron chi connectivity index (χ1n) is 21.5. The molecule has 1 spiro atoms. The molecule has 4 aliphatic carbocycles. The second kappa shape index (κ2) is 12.5. The van der Waals surface area contributed by atoms with Gasteiger partial charge in [-0.2, -0.15) is 0 Å². The number of nitrogens with zero attached hydrogens (tertiary/aromatic N) is 1. The van der Waals surface area contributed by atoms with Gasteiger partial charge in [-0.1, -0.05) is 172 Å². The molecule has 9 aromatic rings. The minimum absolute atomic E-state index is 0.145. The van der Waals surface area contributed by atoms with Crippen LogP contribution in [0.2, 0.25) is 0 Å². The summed E-state index contributed by atoms with van der Waals surface area (Å²) in [6.45, 7) is 4.76. The third-order valence-corrected chi connectivity index (χ3v) is 14.1. The Bertz CT molecular complexity index is 3360. The Kier molecular flexibility index (Phi) is 7.09. The Balaban J connectivity index is 1.08. The van der Waals surface area contributed by atoms with Gasteiger partial charge in [-0.25, -0.2) is 0 Å². The molecule has 0 fully saturated rings. The van der Waals surface area contributed by atoms with Crippen LogP contribution in [-0.2, 0) is 10.8 Å². The molecular weight excluding hydrogens is 739 g/mol. The lowest BCUT2D eigenvalue weighted by Crippen LogP contribution is -2.26. The number of rotatable bonds is 4. The van der Waals surface area contributed by atoms with Crippen molar-refractivity contribution in [3.8, 4) is 33.4 Å². The van der Waals surface area contributed by atoms with E-state index >= 15 is 0 Å². The molecule has 8 aromatic carbocycles. The second-order valence-electron chi connectivity index (χ2n) is 17.5. The normalized spacial score (nSPS) is 15.7. The lowest BCUT2D eigenvalue weighted by molar-refractivity contribution is 0.654. The highest BCUT2D eigenvalue weighted by molar-refractivity contribution is 6.13. The summed E-state index contributed by atoms with van der Waals surface area (Å²) in [5.74, 6) is 0. The third-order valence-electron chi connectivity index (χ3n) is 14.1. The topological polar surface area (TPSA) is 16.4 Å². The number of fused-ring (bicyclic) bond motifs is 16. The highest BCUT2D eigenvalue weighted by Gasteiger charge is 2.52. The maximum absolute atomic E-state index is 6.88. The predicted octanol–water partition coefficient (Wildman–Crippen LogP) is 15.6. The number of furan rings is 1. The zero-order valence-corrected chi connectivity index (χ0v) is 34.1. The second-order valence-corrected chi connectivity index (χ2v) is 17.5. The first kappa shape index (κ1) is 34.4. The van der Waals surface area contributed by atoms with E-state index in [1.807, 2.05) is 0 Å². The molecule has 0 radical (unpaired) electrons. The van der Waals surface area contributed by atoms with Crippen LogP contribution in [0.1, 0.15) is 53.6 Å². The molecule has 13 rings (SSSR count). The minimum atomic E-state index is -0.538. The van der Waals surface area contributed by atoms with E-state index in [1.54, 1.807) is 0 Å². The highest BCUT2D eigenvalue weighted by atomic mass is 16.3. The van der Waals surface area contributed by atoms with Crippen molar-refractivity contribution in [2.24, 2.45) is 0 Å². The number of hydrogen-bond acceptors (Lipinski definition) is 2. The summed E-state index contributed by atoms with van der Waals surface area (Å²) >= 11 is 0.